The van der Waals surface area contributed by atoms with Crippen molar-refractivity contribution in [2.24, 2.45) is 5.73 Å². The molecule has 3 N–H and O–H groups in total. The topological polar surface area (TPSA) is 46.2 Å². The summed E-state index contributed by atoms with van der Waals surface area (Å²) < 4.78 is 0. The van der Waals surface area contributed by atoms with Crippen LogP contribution in [-0.2, 0) is 0 Å². The summed E-state index contributed by atoms with van der Waals surface area (Å²) in [6.45, 7) is 14.3. The molecule has 2 atom stereocenters. The quantitative estimate of drug-likeness (QED) is 0.226. The molecule has 2 aromatic heterocycles. The summed E-state index contributed by atoms with van der Waals surface area (Å²) in [5.74, 6) is 0. The van der Waals surface area contributed by atoms with Gasteiger partial charge in [-0.05, 0) is 72.9 Å². The van der Waals surface area contributed by atoms with E-state index >= 15 is 0 Å². The van der Waals surface area contributed by atoms with Gasteiger partial charge in [-0.2, -0.15) is 0 Å². The molecule has 5 rings (SSSR count). The third-order valence-electron chi connectivity index (χ3n) is 5.83. The van der Waals surface area contributed by atoms with Crippen LogP contribution in [0, 0.1) is 13.8 Å². The molecule has 0 saturated heterocycles. The van der Waals surface area contributed by atoms with Gasteiger partial charge in [0.25, 0.3) is 0 Å². The number of aliphatic hydroxyl groups is 1. The van der Waals surface area contributed by atoms with Gasteiger partial charge >= 0.3 is 0 Å². The minimum absolute atomic E-state index is 0.0867. The van der Waals surface area contributed by atoms with Crippen molar-refractivity contribution in [2.45, 2.75) is 60.6 Å². The molecule has 2 nitrogen and oxygen atoms in total. The third kappa shape index (κ3) is 9.01. The zero-order valence-corrected chi connectivity index (χ0v) is 25.9. The number of nitrogens with two attached hydrogens (primary N) is 1. The lowest BCUT2D eigenvalue weighted by atomic mass is 9.96. The van der Waals surface area contributed by atoms with E-state index in [2.05, 4.69) is 62.4 Å². The van der Waals surface area contributed by atoms with E-state index < -0.39 is 6.10 Å². The first-order valence-electron chi connectivity index (χ1n) is 13.7. The molecule has 0 fully saturated rings. The van der Waals surface area contributed by atoms with Gasteiger partial charge in [0.05, 0.1) is 0 Å². The zero-order valence-electron chi connectivity index (χ0n) is 24.3. The Morgan fingerprint density at radius 3 is 1.41 bits per heavy atom. The van der Waals surface area contributed by atoms with Crippen LogP contribution in [0.15, 0.2) is 103 Å². The van der Waals surface area contributed by atoms with Crippen molar-refractivity contribution in [2.75, 3.05) is 0 Å². The van der Waals surface area contributed by atoms with Crippen molar-refractivity contribution in [3.63, 3.8) is 0 Å². The van der Waals surface area contributed by atoms with Crippen LogP contribution >= 0.6 is 22.7 Å². The molecule has 4 heteroatoms. The fourth-order valence-corrected chi connectivity index (χ4v) is 5.88. The van der Waals surface area contributed by atoms with Crippen LogP contribution in [0.5, 0.6) is 0 Å². The van der Waals surface area contributed by atoms with Crippen molar-refractivity contribution >= 4 is 22.7 Å². The normalized spacial score (nSPS) is 11.5. The molecule has 39 heavy (non-hydrogen) atoms. The molecular formula is C35H43NOS2. The van der Waals surface area contributed by atoms with E-state index in [1.165, 1.54) is 30.6 Å². The predicted octanol–water partition coefficient (Wildman–Crippen LogP) is 10.6. The maximum absolute atomic E-state index is 10.6. The average molecular weight is 558 g/mol. The Hall–Kier alpha value is -3.02. The number of benzene rings is 3. The molecule has 3 aromatic carbocycles. The Kier molecular flexibility index (Phi) is 13.9. The standard InChI is InChI=1S/C18H16OS.C13H15NS.2C2H6/c1-13-11-12-17(20-13)15-9-5-6-10-16(15)18(19)14-7-3-2-4-8-14;1-9-7-8-13(15-9)12-6-4-3-5-11(12)10(2)14;2*1-2/h2-12,18-19H,1H3;3-8,10H,14H2,1-2H3;2*1-2H3. The minimum atomic E-state index is -0.588. The van der Waals surface area contributed by atoms with Crippen molar-refractivity contribution in [3.8, 4) is 20.9 Å². The second kappa shape index (κ2) is 16.8. The van der Waals surface area contributed by atoms with Crippen LogP contribution in [0.25, 0.3) is 20.9 Å². The first-order chi connectivity index (χ1) is 18.9. The van der Waals surface area contributed by atoms with Crippen LogP contribution in [-0.4, -0.2) is 5.11 Å². The van der Waals surface area contributed by atoms with Gasteiger partial charge in [0.2, 0.25) is 0 Å². The predicted molar refractivity (Wildman–Crippen MR) is 175 cm³/mol. The van der Waals surface area contributed by atoms with Crippen LogP contribution < -0.4 is 5.73 Å². The summed E-state index contributed by atoms with van der Waals surface area (Å²) in [4.78, 5) is 5.13. The van der Waals surface area contributed by atoms with E-state index in [9.17, 15) is 5.11 Å². The first kappa shape index (κ1) is 32.2. The molecule has 0 aliphatic carbocycles. The summed E-state index contributed by atoms with van der Waals surface area (Å²) in [7, 11) is 0. The van der Waals surface area contributed by atoms with E-state index in [0.717, 1.165) is 16.7 Å². The number of thiophene rings is 2. The molecule has 206 valence electrons. The lowest BCUT2D eigenvalue weighted by Crippen LogP contribution is -2.05. The minimum Gasteiger partial charge on any atom is -0.384 e. The lowest BCUT2D eigenvalue weighted by molar-refractivity contribution is 0.221. The van der Waals surface area contributed by atoms with E-state index in [1.54, 1.807) is 11.3 Å². The summed E-state index contributed by atoms with van der Waals surface area (Å²) in [6, 6.07) is 34.9. The first-order valence-corrected chi connectivity index (χ1v) is 15.4. The van der Waals surface area contributed by atoms with Crippen molar-refractivity contribution in [1.82, 2.24) is 0 Å². The fraction of sp³-hybridized carbons (Fsp3) is 0.257. The van der Waals surface area contributed by atoms with E-state index in [1.807, 2.05) is 101 Å². The second-order valence-electron chi connectivity index (χ2n) is 8.60. The molecule has 0 spiro atoms. The highest BCUT2D eigenvalue weighted by Gasteiger charge is 2.15. The Labute approximate surface area is 243 Å². The van der Waals surface area contributed by atoms with Crippen LogP contribution in [0.3, 0.4) is 0 Å². The van der Waals surface area contributed by atoms with Gasteiger partial charge in [0, 0.05) is 25.6 Å². The third-order valence-corrected chi connectivity index (χ3v) is 7.90. The smallest absolute Gasteiger partial charge is 0.105 e. The molecule has 0 amide bonds. The summed E-state index contributed by atoms with van der Waals surface area (Å²) in [6.07, 6.45) is -0.588. The molecule has 0 saturated carbocycles. The molecular weight excluding hydrogens is 515 g/mol. The van der Waals surface area contributed by atoms with Gasteiger partial charge in [-0.25, -0.2) is 0 Å². The molecule has 2 unspecified atom stereocenters. The maximum atomic E-state index is 10.6. The summed E-state index contributed by atoms with van der Waals surface area (Å²) in [5, 5.41) is 10.6. The number of aliphatic hydroxyl groups excluding tert-OH is 1. The number of hydrogen-bond acceptors (Lipinski definition) is 4. The van der Waals surface area contributed by atoms with Crippen molar-refractivity contribution in [3.05, 3.63) is 130 Å². The monoisotopic (exact) mass is 557 g/mol. The van der Waals surface area contributed by atoms with Gasteiger partial charge in [-0.15, -0.1) is 22.7 Å². The molecule has 0 aliphatic heterocycles. The molecule has 0 bridgehead atoms. The molecule has 0 aliphatic rings. The summed E-state index contributed by atoms with van der Waals surface area (Å²) >= 11 is 3.57. The summed E-state index contributed by atoms with van der Waals surface area (Å²) in [5.41, 5.74) is 11.5. The van der Waals surface area contributed by atoms with Crippen LogP contribution in [0.1, 0.15) is 73.2 Å². The highest BCUT2D eigenvalue weighted by molar-refractivity contribution is 7.15. The van der Waals surface area contributed by atoms with Crippen molar-refractivity contribution in [1.29, 1.82) is 0 Å². The highest BCUT2D eigenvalue weighted by atomic mass is 32.1. The van der Waals surface area contributed by atoms with Gasteiger partial charge in [-0.1, -0.05) is 107 Å². The zero-order chi connectivity index (χ0) is 28.8. The largest absolute Gasteiger partial charge is 0.384 e. The SMILES string of the molecule is CC.CC.Cc1ccc(-c2ccccc2C(C)N)s1.Cc1ccc(-c2ccccc2C(O)c2ccccc2)s1. The van der Waals surface area contributed by atoms with Gasteiger partial charge in [0.1, 0.15) is 6.10 Å². The van der Waals surface area contributed by atoms with E-state index in [4.69, 9.17) is 5.73 Å². The van der Waals surface area contributed by atoms with E-state index in [0.29, 0.717) is 0 Å². The number of aryl methyl sites for hydroxylation is 2. The number of hydrogen-bond donors (Lipinski definition) is 2. The number of rotatable bonds is 5. The van der Waals surface area contributed by atoms with Crippen molar-refractivity contribution < 1.29 is 5.11 Å². The van der Waals surface area contributed by atoms with Gasteiger partial charge < -0.3 is 10.8 Å². The fourth-order valence-electron chi connectivity index (χ4n) is 4.05. The van der Waals surface area contributed by atoms with Gasteiger partial charge in [0.15, 0.2) is 0 Å². The molecule has 0 radical (unpaired) electrons. The van der Waals surface area contributed by atoms with Crippen LogP contribution in [0.2, 0.25) is 0 Å². The molecule has 2 heterocycles. The Morgan fingerprint density at radius 1 is 0.564 bits per heavy atom. The average Bonchev–Trinajstić information content (AvgIpc) is 3.63. The van der Waals surface area contributed by atoms with Crippen LogP contribution in [0.4, 0.5) is 0 Å². The maximum Gasteiger partial charge on any atom is 0.105 e. The Bertz CT molecular complexity index is 1370. The Morgan fingerprint density at radius 2 is 0.974 bits per heavy atom. The van der Waals surface area contributed by atoms with E-state index in [-0.39, 0.29) is 6.04 Å². The Balaban J connectivity index is 0.000000250. The second-order valence-corrected chi connectivity index (χ2v) is 11.2. The van der Waals surface area contributed by atoms with Gasteiger partial charge in [-0.3, -0.25) is 0 Å². The molecule has 5 aromatic rings. The lowest BCUT2D eigenvalue weighted by Gasteiger charge is -2.15. The highest BCUT2D eigenvalue weighted by Crippen LogP contribution is 2.35.